The Morgan fingerprint density at radius 2 is 1.68 bits per heavy atom. The van der Waals surface area contributed by atoms with E-state index in [1.165, 1.54) is 56.0 Å². The minimum atomic E-state index is 0. The molecule has 1 saturated carbocycles. The molecule has 1 aliphatic rings. The largest absolute Gasteiger partial charge is 1.00 e. The van der Waals surface area contributed by atoms with Gasteiger partial charge in [-0.15, -0.1) is 0 Å². The van der Waals surface area contributed by atoms with Crippen molar-refractivity contribution in [1.82, 2.24) is 0 Å². The fourth-order valence-corrected chi connectivity index (χ4v) is 3.21. The third-order valence-electron chi connectivity index (χ3n) is 4.29. The normalized spacial score (nSPS) is 16.2. The van der Waals surface area contributed by atoms with Gasteiger partial charge in [0.25, 0.3) is 0 Å². The summed E-state index contributed by atoms with van der Waals surface area (Å²) in [5.74, 6) is 0.963. The predicted octanol–water partition coefficient (Wildman–Crippen LogP) is 1.10. The fourth-order valence-electron chi connectivity index (χ4n) is 3.21. The van der Waals surface area contributed by atoms with Gasteiger partial charge < -0.3 is 17.0 Å². The maximum absolute atomic E-state index is 2.42. The molecule has 0 radical (unpaired) electrons. The first-order valence-corrected chi connectivity index (χ1v) is 7.31. The Labute approximate surface area is 126 Å². The molecule has 2 heteroatoms. The third-order valence-corrected chi connectivity index (χ3v) is 4.29. The SMILES string of the molecule is [Br-].c1ccc2c(c1)ccc[n+]2CCC1CCCCC1. The number of halogens is 1. The van der Waals surface area contributed by atoms with E-state index < -0.39 is 0 Å². The van der Waals surface area contributed by atoms with Crippen molar-refractivity contribution in [2.75, 3.05) is 0 Å². The van der Waals surface area contributed by atoms with E-state index in [1.54, 1.807) is 0 Å². The lowest BCUT2D eigenvalue weighted by atomic mass is 9.87. The minimum Gasteiger partial charge on any atom is -1.00 e. The number of hydrogen-bond acceptors (Lipinski definition) is 0. The van der Waals surface area contributed by atoms with Crippen LogP contribution in [0.25, 0.3) is 10.9 Å². The first kappa shape index (κ1) is 14.5. The van der Waals surface area contributed by atoms with Gasteiger partial charge in [-0.05, 0) is 18.1 Å². The highest BCUT2D eigenvalue weighted by Crippen LogP contribution is 2.26. The zero-order chi connectivity index (χ0) is 12.2. The first-order chi connectivity index (χ1) is 8.93. The summed E-state index contributed by atoms with van der Waals surface area (Å²) in [6.45, 7) is 1.17. The number of pyridine rings is 1. The van der Waals surface area contributed by atoms with Crippen molar-refractivity contribution in [3.63, 3.8) is 0 Å². The van der Waals surface area contributed by atoms with Gasteiger partial charge in [0.1, 0.15) is 6.54 Å². The van der Waals surface area contributed by atoms with Crippen LogP contribution in [-0.2, 0) is 6.54 Å². The number of aromatic nitrogens is 1. The Morgan fingerprint density at radius 1 is 0.947 bits per heavy atom. The van der Waals surface area contributed by atoms with E-state index in [1.807, 2.05) is 0 Å². The quantitative estimate of drug-likeness (QED) is 0.746. The maximum Gasteiger partial charge on any atom is 0.212 e. The molecule has 0 saturated heterocycles. The van der Waals surface area contributed by atoms with Crippen molar-refractivity contribution in [3.05, 3.63) is 42.6 Å². The van der Waals surface area contributed by atoms with Crippen LogP contribution >= 0.6 is 0 Å². The van der Waals surface area contributed by atoms with E-state index in [4.69, 9.17) is 0 Å². The molecule has 1 aliphatic carbocycles. The second-order valence-corrected chi connectivity index (χ2v) is 5.55. The number of para-hydroxylation sites is 1. The van der Waals surface area contributed by atoms with Crippen LogP contribution < -0.4 is 21.5 Å². The molecule has 0 spiro atoms. The second-order valence-electron chi connectivity index (χ2n) is 5.55. The van der Waals surface area contributed by atoms with Crippen LogP contribution in [0.1, 0.15) is 38.5 Å². The Bertz CT molecular complexity index is 512. The smallest absolute Gasteiger partial charge is 0.212 e. The van der Waals surface area contributed by atoms with Crippen LogP contribution in [0.4, 0.5) is 0 Å². The molecular weight excluding hydrogens is 298 g/mol. The summed E-state index contributed by atoms with van der Waals surface area (Å²) < 4.78 is 2.42. The van der Waals surface area contributed by atoms with Gasteiger partial charge in [0.05, 0.1) is 0 Å². The zero-order valence-electron chi connectivity index (χ0n) is 11.4. The lowest BCUT2D eigenvalue weighted by Crippen LogP contribution is -3.00. The van der Waals surface area contributed by atoms with Gasteiger partial charge in [-0.25, -0.2) is 0 Å². The lowest BCUT2D eigenvalue weighted by molar-refractivity contribution is -0.672. The van der Waals surface area contributed by atoms with Gasteiger partial charge in [-0.3, -0.25) is 0 Å². The van der Waals surface area contributed by atoms with Crippen LogP contribution in [0, 0.1) is 5.92 Å². The van der Waals surface area contributed by atoms with E-state index >= 15 is 0 Å². The summed E-state index contributed by atoms with van der Waals surface area (Å²) in [5.41, 5.74) is 1.37. The van der Waals surface area contributed by atoms with E-state index in [-0.39, 0.29) is 17.0 Å². The molecule has 19 heavy (non-hydrogen) atoms. The van der Waals surface area contributed by atoms with Crippen molar-refractivity contribution in [2.24, 2.45) is 5.92 Å². The monoisotopic (exact) mass is 319 g/mol. The molecule has 0 aliphatic heterocycles. The number of hydrogen-bond donors (Lipinski definition) is 0. The van der Waals surface area contributed by atoms with Crippen molar-refractivity contribution < 1.29 is 21.5 Å². The molecule has 0 N–H and O–H groups in total. The van der Waals surface area contributed by atoms with Gasteiger partial charge in [0.15, 0.2) is 6.20 Å². The first-order valence-electron chi connectivity index (χ1n) is 7.31. The number of nitrogens with zero attached hydrogens (tertiary/aromatic N) is 1. The summed E-state index contributed by atoms with van der Waals surface area (Å²) in [4.78, 5) is 0. The van der Waals surface area contributed by atoms with Crippen LogP contribution in [-0.4, -0.2) is 0 Å². The minimum absolute atomic E-state index is 0. The molecule has 1 aromatic carbocycles. The topological polar surface area (TPSA) is 3.88 Å². The van der Waals surface area contributed by atoms with Crippen molar-refractivity contribution in [2.45, 2.75) is 45.1 Å². The molecule has 1 nitrogen and oxygen atoms in total. The van der Waals surface area contributed by atoms with E-state index in [0.29, 0.717) is 0 Å². The highest BCUT2D eigenvalue weighted by Gasteiger charge is 2.16. The summed E-state index contributed by atoms with van der Waals surface area (Å²) in [6, 6.07) is 13.1. The standard InChI is InChI=1S/C17H22N.BrH/c1-2-7-15(8-3-1)12-14-18-13-6-10-16-9-4-5-11-17(16)18;/h4-6,9-11,13,15H,1-3,7-8,12,14H2;1H/q+1;/p-1. The van der Waals surface area contributed by atoms with Crippen LogP contribution in [0.5, 0.6) is 0 Å². The predicted molar refractivity (Wildman–Crippen MR) is 75.3 cm³/mol. The van der Waals surface area contributed by atoms with Gasteiger partial charge in [-0.2, -0.15) is 4.57 Å². The van der Waals surface area contributed by atoms with E-state index in [9.17, 15) is 0 Å². The number of rotatable bonds is 3. The van der Waals surface area contributed by atoms with Crippen LogP contribution in [0.2, 0.25) is 0 Å². The van der Waals surface area contributed by atoms with E-state index in [2.05, 4.69) is 47.2 Å². The van der Waals surface area contributed by atoms with Crippen LogP contribution in [0.3, 0.4) is 0 Å². The van der Waals surface area contributed by atoms with Gasteiger partial charge in [-0.1, -0.05) is 44.2 Å². The number of aryl methyl sites for hydroxylation is 1. The number of benzene rings is 1. The van der Waals surface area contributed by atoms with Gasteiger partial charge in [0.2, 0.25) is 5.52 Å². The third kappa shape index (κ3) is 3.56. The molecule has 3 rings (SSSR count). The second kappa shape index (κ2) is 7.04. The Kier molecular flexibility index (Phi) is 5.38. The molecule has 1 heterocycles. The van der Waals surface area contributed by atoms with Crippen molar-refractivity contribution >= 4 is 10.9 Å². The molecule has 1 aromatic heterocycles. The molecule has 0 bridgehead atoms. The van der Waals surface area contributed by atoms with E-state index in [0.717, 1.165) is 5.92 Å². The summed E-state index contributed by atoms with van der Waals surface area (Å²) in [6.07, 6.45) is 10.8. The average Bonchev–Trinajstić information content (AvgIpc) is 2.46. The molecule has 2 aromatic rings. The van der Waals surface area contributed by atoms with Gasteiger partial charge >= 0.3 is 0 Å². The molecule has 0 amide bonds. The highest BCUT2D eigenvalue weighted by molar-refractivity contribution is 5.74. The molecular formula is C17H22BrN. The number of fused-ring (bicyclic) bond motifs is 1. The average molecular weight is 320 g/mol. The van der Waals surface area contributed by atoms with Crippen LogP contribution in [0.15, 0.2) is 42.6 Å². The Morgan fingerprint density at radius 3 is 2.53 bits per heavy atom. The van der Waals surface area contributed by atoms with Crippen molar-refractivity contribution in [1.29, 1.82) is 0 Å². The Balaban J connectivity index is 0.00000133. The summed E-state index contributed by atoms with van der Waals surface area (Å²) >= 11 is 0. The molecule has 0 atom stereocenters. The fraction of sp³-hybridized carbons (Fsp3) is 0.471. The summed E-state index contributed by atoms with van der Waals surface area (Å²) in [5, 5.41) is 1.35. The van der Waals surface area contributed by atoms with Crippen molar-refractivity contribution in [3.8, 4) is 0 Å². The zero-order valence-corrected chi connectivity index (χ0v) is 13.0. The van der Waals surface area contributed by atoms with Gasteiger partial charge in [0, 0.05) is 23.9 Å². The highest BCUT2D eigenvalue weighted by atomic mass is 79.9. The lowest BCUT2D eigenvalue weighted by Gasteiger charge is -2.20. The maximum atomic E-state index is 2.42. The Hall–Kier alpha value is -0.890. The molecule has 0 unspecified atom stereocenters. The molecule has 102 valence electrons. The summed E-state index contributed by atoms with van der Waals surface area (Å²) in [7, 11) is 0. The molecule has 1 fully saturated rings.